The Bertz CT molecular complexity index is 801. The van der Waals surface area contributed by atoms with Gasteiger partial charge in [0.2, 0.25) is 0 Å². The Morgan fingerprint density at radius 3 is 2.64 bits per heavy atom. The Hall–Kier alpha value is -2.80. The van der Waals surface area contributed by atoms with Gasteiger partial charge in [-0.15, -0.1) is 0 Å². The second-order valence-corrected chi connectivity index (χ2v) is 7.17. The second-order valence-electron chi connectivity index (χ2n) is 7.17. The van der Waals surface area contributed by atoms with E-state index in [0.717, 1.165) is 0 Å². The molecule has 0 atom stereocenters. The van der Waals surface area contributed by atoms with Gasteiger partial charge in [0.15, 0.2) is 0 Å². The first-order chi connectivity index (χ1) is 13.1. The molecule has 2 heterocycles. The van der Waals surface area contributed by atoms with Gasteiger partial charge in [-0.1, -0.05) is 19.2 Å². The maximum atomic E-state index is 13.9. The summed E-state index contributed by atoms with van der Waals surface area (Å²) in [5.41, 5.74) is -0.363. The van der Waals surface area contributed by atoms with Crippen molar-refractivity contribution in [3.05, 3.63) is 60.8 Å². The van der Waals surface area contributed by atoms with Gasteiger partial charge in [0, 0.05) is 37.3 Å². The lowest BCUT2D eigenvalue weighted by molar-refractivity contribution is -0.133. The first kappa shape index (κ1) is 21.5. The Morgan fingerprint density at radius 2 is 2.14 bits per heavy atom. The van der Waals surface area contributed by atoms with Gasteiger partial charge >= 0.3 is 5.97 Å². The predicted molar refractivity (Wildman–Crippen MR) is 107 cm³/mol. The number of likely N-dealkylation sites (tertiary alicyclic amines) is 1. The minimum absolute atomic E-state index is 0.0716. The lowest BCUT2D eigenvalue weighted by Gasteiger charge is -2.39. The molecule has 0 amide bonds. The first-order valence-electron chi connectivity index (χ1n) is 8.96. The van der Waals surface area contributed by atoms with Gasteiger partial charge in [-0.3, -0.25) is 14.9 Å². The Kier molecular flexibility index (Phi) is 6.85. The lowest BCUT2D eigenvalue weighted by Crippen LogP contribution is -2.51. The van der Waals surface area contributed by atoms with Crippen molar-refractivity contribution in [1.82, 2.24) is 9.88 Å². The lowest BCUT2D eigenvalue weighted by atomic mass is 9.92. The number of aliphatic carboxylic acids is 1. The molecule has 1 aromatic rings. The molecule has 1 saturated heterocycles. The zero-order valence-electron chi connectivity index (χ0n) is 16.5. The molecular weight excluding hydrogens is 361 g/mol. The van der Waals surface area contributed by atoms with Crippen LogP contribution in [0.15, 0.2) is 60.1 Å². The van der Waals surface area contributed by atoms with Crippen molar-refractivity contribution in [2.45, 2.75) is 26.4 Å². The third-order valence-corrected chi connectivity index (χ3v) is 4.30. The third-order valence-electron chi connectivity index (χ3n) is 4.30. The maximum Gasteiger partial charge on any atom is 0.332 e. The second kappa shape index (κ2) is 8.93. The van der Waals surface area contributed by atoms with Crippen molar-refractivity contribution in [3.8, 4) is 5.75 Å². The molecule has 0 bridgehead atoms. The molecule has 0 unspecified atom stereocenters. The number of allylic oxidation sites excluding steroid dienone is 2. The zero-order chi connectivity index (χ0) is 20.9. The molecule has 1 aromatic heterocycles. The van der Waals surface area contributed by atoms with Gasteiger partial charge in [-0.25, -0.2) is 9.18 Å². The predicted octanol–water partition coefficient (Wildman–Crippen LogP) is 3.73. The minimum Gasteiger partial charge on any atom is -0.478 e. The summed E-state index contributed by atoms with van der Waals surface area (Å²) < 4.78 is 19.7. The van der Waals surface area contributed by atoms with Gasteiger partial charge in [0.1, 0.15) is 17.2 Å². The number of rotatable bonds is 9. The number of ether oxygens (including phenoxy) is 1. The van der Waals surface area contributed by atoms with E-state index in [1.54, 1.807) is 24.4 Å². The van der Waals surface area contributed by atoms with Crippen molar-refractivity contribution in [1.29, 1.82) is 0 Å². The van der Waals surface area contributed by atoms with Crippen LogP contribution in [0.1, 0.15) is 26.5 Å². The van der Waals surface area contributed by atoms with Gasteiger partial charge < -0.3 is 9.84 Å². The van der Waals surface area contributed by atoms with E-state index in [2.05, 4.69) is 23.1 Å². The number of hydrogen-bond acceptors (Lipinski definition) is 5. The van der Waals surface area contributed by atoms with Crippen LogP contribution in [0.2, 0.25) is 0 Å². The van der Waals surface area contributed by atoms with Crippen LogP contribution < -0.4 is 4.74 Å². The van der Waals surface area contributed by atoms with Crippen LogP contribution in [-0.2, 0) is 10.5 Å². The largest absolute Gasteiger partial charge is 0.478 e. The van der Waals surface area contributed by atoms with Crippen molar-refractivity contribution in [2.75, 3.05) is 19.6 Å². The molecule has 0 radical (unpaired) electrons. The molecule has 7 heteroatoms. The van der Waals surface area contributed by atoms with E-state index in [1.807, 2.05) is 11.8 Å². The van der Waals surface area contributed by atoms with Crippen LogP contribution in [0, 0.1) is 5.92 Å². The van der Waals surface area contributed by atoms with Gasteiger partial charge in [-0.2, -0.15) is 0 Å². The number of alkyl halides is 1. The minimum atomic E-state index is -1.52. The van der Waals surface area contributed by atoms with E-state index < -0.39 is 11.6 Å². The fraction of sp³-hybridized carbons (Fsp3) is 0.381. The molecule has 1 aliphatic heterocycles. The zero-order valence-corrected chi connectivity index (χ0v) is 16.5. The number of carboxylic acid groups (broad SMARTS) is 1. The molecule has 0 spiro atoms. The number of aromatic nitrogens is 1. The summed E-state index contributed by atoms with van der Waals surface area (Å²) in [7, 11) is 0. The molecule has 1 fully saturated rings. The summed E-state index contributed by atoms with van der Waals surface area (Å²) in [6, 6.07) is 3.22. The number of nitrogens with zero attached hydrogens (tertiary/aromatic N) is 3. The molecule has 0 aromatic carbocycles. The van der Waals surface area contributed by atoms with Gasteiger partial charge in [0.05, 0.1) is 17.6 Å². The van der Waals surface area contributed by atoms with Crippen LogP contribution >= 0.6 is 0 Å². The highest BCUT2D eigenvalue weighted by Gasteiger charge is 2.33. The first-order valence-corrected chi connectivity index (χ1v) is 8.96. The fourth-order valence-corrected chi connectivity index (χ4v) is 2.76. The average molecular weight is 387 g/mol. The normalized spacial score (nSPS) is 16.1. The van der Waals surface area contributed by atoms with E-state index in [4.69, 9.17) is 9.84 Å². The molecule has 1 N–H and O–H groups in total. The quantitative estimate of drug-likeness (QED) is 0.397. The average Bonchev–Trinajstić information content (AvgIpc) is 2.58. The Balaban J connectivity index is 2.03. The Morgan fingerprint density at radius 1 is 1.46 bits per heavy atom. The van der Waals surface area contributed by atoms with E-state index in [1.165, 1.54) is 20.0 Å². The monoisotopic (exact) mass is 387 g/mol. The molecule has 0 saturated carbocycles. The van der Waals surface area contributed by atoms with Crippen LogP contribution in [0.3, 0.4) is 0 Å². The van der Waals surface area contributed by atoms with E-state index in [9.17, 15) is 9.18 Å². The maximum absolute atomic E-state index is 13.9. The van der Waals surface area contributed by atoms with Crippen molar-refractivity contribution < 1.29 is 19.0 Å². The summed E-state index contributed by atoms with van der Waals surface area (Å²) in [6.07, 6.45) is 4.92. The summed E-state index contributed by atoms with van der Waals surface area (Å²) in [5.74, 6) is -0.0933. The summed E-state index contributed by atoms with van der Waals surface area (Å²) in [4.78, 5) is 21.4. The van der Waals surface area contributed by atoms with Crippen LogP contribution in [0.25, 0.3) is 0 Å². The molecule has 2 rings (SSSR count). The molecule has 150 valence electrons. The molecular formula is C21H26FN3O3. The van der Waals surface area contributed by atoms with Gasteiger partial charge in [0.25, 0.3) is 0 Å². The van der Waals surface area contributed by atoms with Crippen LogP contribution in [0.5, 0.6) is 5.75 Å². The molecule has 28 heavy (non-hydrogen) atoms. The standard InChI is InChI=1S/C21H26FN3O3/c1-6-9-23-19(16-12-25(13-16)11-14(2)20(26)27)15(3)28-17-7-8-18(24-10-17)21(4,5)22/h6-10,16H,2-3,11-13H2,1,4-5H3,(H,26,27)/b9-6-,23-19?. The number of halogens is 1. The fourth-order valence-electron chi connectivity index (χ4n) is 2.76. The summed E-state index contributed by atoms with van der Waals surface area (Å²) in [6.45, 7) is 13.8. The summed E-state index contributed by atoms with van der Waals surface area (Å²) >= 11 is 0. The SMILES string of the molecule is C=C(CN1CC(C(=N/C=C\C)C(=C)Oc2ccc(C(C)(C)F)nc2)C1)C(=O)O. The van der Waals surface area contributed by atoms with E-state index >= 15 is 0 Å². The number of hydrogen-bond donors (Lipinski definition) is 1. The smallest absolute Gasteiger partial charge is 0.332 e. The van der Waals surface area contributed by atoms with Crippen LogP contribution in [-0.4, -0.2) is 46.3 Å². The molecule has 1 aliphatic rings. The van der Waals surface area contributed by atoms with Crippen molar-refractivity contribution >= 4 is 11.7 Å². The number of pyridine rings is 1. The summed E-state index contributed by atoms with van der Waals surface area (Å²) in [5, 5.41) is 8.94. The van der Waals surface area contributed by atoms with Crippen molar-refractivity contribution in [3.63, 3.8) is 0 Å². The highest BCUT2D eigenvalue weighted by Crippen LogP contribution is 2.26. The highest BCUT2D eigenvalue weighted by molar-refractivity contribution is 6.01. The van der Waals surface area contributed by atoms with Crippen LogP contribution in [0.4, 0.5) is 4.39 Å². The number of carbonyl (C=O) groups is 1. The molecule has 0 aliphatic carbocycles. The Labute approximate surface area is 164 Å². The third kappa shape index (κ3) is 5.60. The van der Waals surface area contributed by atoms with E-state index in [-0.39, 0.29) is 11.5 Å². The van der Waals surface area contributed by atoms with E-state index in [0.29, 0.717) is 42.5 Å². The molecule has 6 nitrogen and oxygen atoms in total. The number of carboxylic acids is 1. The van der Waals surface area contributed by atoms with Gasteiger partial charge in [-0.05, 0) is 32.9 Å². The van der Waals surface area contributed by atoms with Crippen molar-refractivity contribution in [2.24, 2.45) is 10.9 Å². The topological polar surface area (TPSA) is 75.0 Å². The number of aliphatic imine (C=N–C) groups is 1. The highest BCUT2D eigenvalue weighted by atomic mass is 19.1.